The average molecular weight is 272 g/mol. The molecule has 0 spiro atoms. The van der Waals surface area contributed by atoms with Gasteiger partial charge in [0.25, 0.3) is 0 Å². The number of fused-ring (bicyclic) bond motifs is 1. The van der Waals surface area contributed by atoms with Gasteiger partial charge in [-0.2, -0.15) is 5.10 Å². The smallest absolute Gasteiger partial charge is 0.128 e. The average Bonchev–Trinajstić information content (AvgIpc) is 3.04. The van der Waals surface area contributed by atoms with Crippen molar-refractivity contribution in [2.45, 2.75) is 25.8 Å². The minimum absolute atomic E-state index is 0.184. The molecule has 1 aromatic carbocycles. The molecule has 5 heteroatoms. The summed E-state index contributed by atoms with van der Waals surface area (Å²) in [4.78, 5) is 0. The third kappa shape index (κ3) is 2.14. The van der Waals surface area contributed by atoms with Crippen LogP contribution in [0.25, 0.3) is 0 Å². The lowest BCUT2D eigenvalue weighted by Gasteiger charge is -2.06. The predicted molar refractivity (Wildman–Crippen MR) is 75.6 cm³/mol. The molecule has 0 unspecified atom stereocenters. The molecule has 0 radical (unpaired) electrons. The maximum Gasteiger partial charge on any atom is 0.128 e. The molecule has 0 atom stereocenters. The Hall–Kier alpha value is -2.01. The van der Waals surface area contributed by atoms with Gasteiger partial charge in [-0.05, 0) is 25.3 Å². The van der Waals surface area contributed by atoms with Crippen molar-refractivity contribution < 1.29 is 4.39 Å². The van der Waals surface area contributed by atoms with Crippen molar-refractivity contribution in [3.8, 4) is 0 Å². The monoisotopic (exact) mass is 272 g/mol. The summed E-state index contributed by atoms with van der Waals surface area (Å²) in [6, 6.07) is 6.74. The van der Waals surface area contributed by atoms with Gasteiger partial charge in [-0.25, -0.2) is 4.39 Å². The van der Waals surface area contributed by atoms with Crippen molar-refractivity contribution in [2.24, 2.45) is 5.73 Å². The van der Waals surface area contributed by atoms with Gasteiger partial charge in [0.05, 0.1) is 12.3 Å². The van der Waals surface area contributed by atoms with E-state index in [0.717, 1.165) is 30.5 Å². The lowest BCUT2D eigenvalue weighted by atomic mass is 10.1. The summed E-state index contributed by atoms with van der Waals surface area (Å²) in [5.74, 6) is -0.217. The van der Waals surface area contributed by atoms with Gasteiger partial charge in [0.15, 0.2) is 0 Å². The fraction of sp³-hybridized carbons (Fsp3) is 0.333. The number of hydrogen-bond donors (Lipinski definition) is 2. The first-order valence-electron chi connectivity index (χ1n) is 6.80. The first-order chi connectivity index (χ1) is 9.70. The van der Waals surface area contributed by atoms with Crippen LogP contribution in [0.15, 0.2) is 24.3 Å². The Balaban J connectivity index is 1.99. The van der Waals surface area contributed by atoms with E-state index < -0.39 is 0 Å². The summed E-state index contributed by atoms with van der Waals surface area (Å²) in [6.07, 6.45) is 2.94. The van der Waals surface area contributed by atoms with Gasteiger partial charge in [0.1, 0.15) is 11.5 Å². The molecule has 0 fully saturated rings. The molecule has 0 bridgehead atoms. The van der Waals surface area contributed by atoms with Gasteiger partial charge in [-0.15, -0.1) is 0 Å². The number of rotatable bonds is 4. The number of benzene rings is 1. The fourth-order valence-electron chi connectivity index (χ4n) is 2.77. The third-order valence-electron chi connectivity index (χ3n) is 3.77. The molecule has 3 rings (SSSR count). The van der Waals surface area contributed by atoms with Gasteiger partial charge in [-0.1, -0.05) is 18.2 Å². The number of hydrogen-bond acceptors (Lipinski definition) is 3. The lowest BCUT2D eigenvalue weighted by Crippen LogP contribution is -2.16. The number of nitrogens with two attached hydrogens (primary N) is 1. The van der Waals surface area contributed by atoms with Crippen LogP contribution < -0.4 is 5.73 Å². The van der Waals surface area contributed by atoms with Crippen LogP contribution in [0.2, 0.25) is 0 Å². The van der Waals surface area contributed by atoms with Crippen LogP contribution in [-0.2, 0) is 19.4 Å². The summed E-state index contributed by atoms with van der Waals surface area (Å²) < 4.78 is 15.6. The Morgan fingerprint density at radius 1 is 1.35 bits per heavy atom. The minimum atomic E-state index is -0.217. The van der Waals surface area contributed by atoms with Crippen molar-refractivity contribution in [1.29, 1.82) is 5.41 Å². The maximum atomic E-state index is 13.8. The van der Waals surface area contributed by atoms with Crippen molar-refractivity contribution in [2.75, 3.05) is 6.54 Å². The molecule has 104 valence electrons. The van der Waals surface area contributed by atoms with Crippen molar-refractivity contribution in [3.05, 3.63) is 52.6 Å². The molecule has 0 amide bonds. The van der Waals surface area contributed by atoms with Gasteiger partial charge in [0, 0.05) is 23.4 Å². The molecule has 0 saturated heterocycles. The Kier molecular flexibility index (Phi) is 3.36. The number of halogens is 1. The summed E-state index contributed by atoms with van der Waals surface area (Å²) in [5.41, 5.74) is 9.47. The van der Waals surface area contributed by atoms with E-state index in [9.17, 15) is 4.39 Å². The molecular weight excluding hydrogens is 255 g/mol. The predicted octanol–water partition coefficient (Wildman–Crippen LogP) is 1.89. The Labute approximate surface area is 116 Å². The van der Waals surface area contributed by atoms with E-state index in [1.54, 1.807) is 12.1 Å². The molecule has 1 aliphatic carbocycles. The molecule has 0 saturated carbocycles. The standard InChI is InChI=1S/C15H17FN4/c16-12-6-2-1-4-10(12)9-20-14-7-3-5-11(14)15(19-20)13(18)8-17/h1-2,4,6,18H,3,5,7-9,17H2. The highest BCUT2D eigenvalue weighted by molar-refractivity contribution is 5.99. The second-order valence-electron chi connectivity index (χ2n) is 5.06. The van der Waals surface area contributed by atoms with E-state index >= 15 is 0 Å². The van der Waals surface area contributed by atoms with Crippen LogP contribution in [0.1, 0.15) is 28.9 Å². The largest absolute Gasteiger partial charge is 0.325 e. The quantitative estimate of drug-likeness (QED) is 0.834. The van der Waals surface area contributed by atoms with Crippen molar-refractivity contribution in [1.82, 2.24) is 9.78 Å². The maximum absolute atomic E-state index is 13.8. The van der Waals surface area contributed by atoms with Crippen LogP contribution in [0.3, 0.4) is 0 Å². The fourth-order valence-corrected chi connectivity index (χ4v) is 2.77. The molecule has 4 nitrogen and oxygen atoms in total. The molecular formula is C15H17FN4. The summed E-state index contributed by atoms with van der Waals surface area (Å²) in [5, 5.41) is 12.4. The summed E-state index contributed by atoms with van der Waals surface area (Å²) >= 11 is 0. The van der Waals surface area contributed by atoms with E-state index in [-0.39, 0.29) is 12.4 Å². The summed E-state index contributed by atoms with van der Waals surface area (Å²) in [7, 11) is 0. The lowest BCUT2D eigenvalue weighted by molar-refractivity contribution is 0.575. The minimum Gasteiger partial charge on any atom is -0.325 e. The topological polar surface area (TPSA) is 67.7 Å². The summed E-state index contributed by atoms with van der Waals surface area (Å²) in [6.45, 7) is 0.593. The normalized spacial score (nSPS) is 13.5. The highest BCUT2D eigenvalue weighted by Crippen LogP contribution is 2.26. The van der Waals surface area contributed by atoms with Gasteiger partial charge < -0.3 is 11.1 Å². The molecule has 1 aliphatic rings. The Morgan fingerprint density at radius 2 is 2.15 bits per heavy atom. The first kappa shape index (κ1) is 13.0. The van der Waals surface area contributed by atoms with Crippen LogP contribution in [0.5, 0.6) is 0 Å². The van der Waals surface area contributed by atoms with E-state index in [1.165, 1.54) is 6.07 Å². The van der Waals surface area contributed by atoms with E-state index in [2.05, 4.69) is 5.10 Å². The number of nitrogens with zero attached hydrogens (tertiary/aromatic N) is 2. The highest BCUT2D eigenvalue weighted by atomic mass is 19.1. The molecule has 0 aliphatic heterocycles. The van der Waals surface area contributed by atoms with E-state index in [1.807, 2.05) is 10.7 Å². The van der Waals surface area contributed by atoms with Crippen LogP contribution in [0, 0.1) is 11.2 Å². The van der Waals surface area contributed by atoms with Crippen LogP contribution in [-0.4, -0.2) is 22.0 Å². The zero-order valence-corrected chi connectivity index (χ0v) is 11.2. The van der Waals surface area contributed by atoms with Crippen molar-refractivity contribution in [3.63, 3.8) is 0 Å². The second-order valence-corrected chi connectivity index (χ2v) is 5.06. The number of aromatic nitrogens is 2. The van der Waals surface area contributed by atoms with Crippen molar-refractivity contribution >= 4 is 5.71 Å². The molecule has 1 aromatic heterocycles. The Bertz CT molecular complexity index is 660. The van der Waals surface area contributed by atoms with Gasteiger partial charge in [-0.3, -0.25) is 4.68 Å². The molecule has 1 heterocycles. The Morgan fingerprint density at radius 3 is 2.90 bits per heavy atom. The van der Waals surface area contributed by atoms with Gasteiger partial charge in [0.2, 0.25) is 0 Å². The first-order valence-corrected chi connectivity index (χ1v) is 6.80. The number of nitrogens with one attached hydrogen (secondary N) is 1. The second kappa shape index (κ2) is 5.17. The third-order valence-corrected chi connectivity index (χ3v) is 3.77. The SMILES string of the molecule is N=C(CN)c1nn(Cc2ccccc2F)c2c1CCC2. The molecule has 20 heavy (non-hydrogen) atoms. The van der Waals surface area contributed by atoms with Gasteiger partial charge >= 0.3 is 0 Å². The van der Waals surface area contributed by atoms with E-state index in [0.29, 0.717) is 23.5 Å². The highest BCUT2D eigenvalue weighted by Gasteiger charge is 2.24. The van der Waals surface area contributed by atoms with Crippen LogP contribution in [0.4, 0.5) is 4.39 Å². The zero-order chi connectivity index (χ0) is 14.1. The molecule has 2 aromatic rings. The van der Waals surface area contributed by atoms with Crippen LogP contribution >= 0.6 is 0 Å². The van der Waals surface area contributed by atoms with E-state index in [4.69, 9.17) is 11.1 Å². The zero-order valence-electron chi connectivity index (χ0n) is 11.2. The molecule has 3 N–H and O–H groups in total.